The average Bonchev–Trinajstić information content (AvgIpc) is 2.92. The van der Waals surface area contributed by atoms with Gasteiger partial charge in [0.2, 0.25) is 0 Å². The Labute approximate surface area is 122 Å². The molecule has 0 bridgehead atoms. The molecular weight excluding hydrogens is 268 g/mol. The van der Waals surface area contributed by atoms with Crippen LogP contribution in [0.1, 0.15) is 28.6 Å². The van der Waals surface area contributed by atoms with Gasteiger partial charge in [0.1, 0.15) is 0 Å². The predicted molar refractivity (Wildman–Crippen MR) is 83.2 cm³/mol. The Hall–Kier alpha value is -1.65. The van der Waals surface area contributed by atoms with Gasteiger partial charge in [-0.3, -0.25) is 4.68 Å². The number of hydrogen-bond acceptors (Lipinski definition) is 3. The molecule has 0 radical (unpaired) electrons. The van der Waals surface area contributed by atoms with E-state index in [2.05, 4.69) is 28.7 Å². The maximum atomic E-state index is 10.6. The van der Waals surface area contributed by atoms with Crippen molar-refractivity contribution in [2.45, 2.75) is 26.4 Å². The summed E-state index contributed by atoms with van der Waals surface area (Å²) in [6, 6.07) is 8.34. The molecule has 0 saturated heterocycles. The van der Waals surface area contributed by atoms with Crippen LogP contribution in [-0.2, 0) is 13.5 Å². The Balaban J connectivity index is 1.94. The van der Waals surface area contributed by atoms with Crippen LogP contribution in [0.3, 0.4) is 0 Å². The number of fused-ring (bicyclic) bond motifs is 1. The first-order chi connectivity index (χ1) is 9.58. The number of benzene rings is 1. The van der Waals surface area contributed by atoms with Crippen molar-refractivity contribution in [1.29, 1.82) is 0 Å². The van der Waals surface area contributed by atoms with Crippen LogP contribution in [-0.4, -0.2) is 14.9 Å². The van der Waals surface area contributed by atoms with Crippen LogP contribution >= 0.6 is 11.3 Å². The molecule has 3 aromatic rings. The molecule has 0 spiro atoms. The molecule has 4 heteroatoms. The summed E-state index contributed by atoms with van der Waals surface area (Å²) in [6.45, 7) is 3.96. The Morgan fingerprint density at radius 2 is 2.05 bits per heavy atom. The second-order valence-corrected chi connectivity index (χ2v) is 6.10. The summed E-state index contributed by atoms with van der Waals surface area (Å²) in [4.78, 5) is 0. The van der Waals surface area contributed by atoms with Crippen molar-refractivity contribution >= 4 is 21.4 Å². The fraction of sp³-hybridized carbons (Fsp3) is 0.312. The van der Waals surface area contributed by atoms with E-state index in [4.69, 9.17) is 0 Å². The van der Waals surface area contributed by atoms with Crippen LogP contribution in [0.2, 0.25) is 0 Å². The van der Waals surface area contributed by atoms with Crippen LogP contribution < -0.4 is 0 Å². The molecule has 1 atom stereocenters. The molecule has 1 N–H and O–H groups in total. The van der Waals surface area contributed by atoms with Gasteiger partial charge in [-0.1, -0.05) is 18.2 Å². The van der Waals surface area contributed by atoms with Gasteiger partial charge in [0.15, 0.2) is 0 Å². The van der Waals surface area contributed by atoms with Crippen molar-refractivity contribution in [3.8, 4) is 0 Å². The van der Waals surface area contributed by atoms with E-state index in [1.807, 2.05) is 31.6 Å². The molecule has 1 aromatic carbocycles. The third kappa shape index (κ3) is 2.15. The van der Waals surface area contributed by atoms with Gasteiger partial charge in [-0.05, 0) is 36.2 Å². The van der Waals surface area contributed by atoms with Gasteiger partial charge >= 0.3 is 0 Å². The molecule has 0 amide bonds. The molecule has 3 nitrogen and oxygen atoms in total. The van der Waals surface area contributed by atoms with E-state index in [1.165, 1.54) is 15.6 Å². The minimum Gasteiger partial charge on any atom is -0.388 e. The zero-order chi connectivity index (χ0) is 14.3. The van der Waals surface area contributed by atoms with Crippen molar-refractivity contribution < 1.29 is 5.11 Å². The molecule has 0 fully saturated rings. The monoisotopic (exact) mass is 286 g/mol. The maximum absolute atomic E-state index is 10.6. The summed E-state index contributed by atoms with van der Waals surface area (Å²) >= 11 is 1.73. The fourth-order valence-corrected chi connectivity index (χ4v) is 3.75. The summed E-state index contributed by atoms with van der Waals surface area (Å²) in [5.74, 6) is 0. The maximum Gasteiger partial charge on any atom is 0.0866 e. The zero-order valence-electron chi connectivity index (χ0n) is 11.9. The number of rotatable bonds is 3. The van der Waals surface area contributed by atoms with E-state index < -0.39 is 6.10 Å². The lowest BCUT2D eigenvalue weighted by Crippen LogP contribution is -2.04. The Morgan fingerprint density at radius 1 is 1.30 bits per heavy atom. The van der Waals surface area contributed by atoms with Gasteiger partial charge < -0.3 is 5.11 Å². The number of aliphatic hydroxyl groups is 1. The molecule has 104 valence electrons. The van der Waals surface area contributed by atoms with Gasteiger partial charge in [0.05, 0.1) is 11.8 Å². The van der Waals surface area contributed by atoms with E-state index in [9.17, 15) is 5.11 Å². The minimum absolute atomic E-state index is 0.498. The molecule has 20 heavy (non-hydrogen) atoms. The van der Waals surface area contributed by atoms with Crippen LogP contribution in [0.4, 0.5) is 0 Å². The van der Waals surface area contributed by atoms with E-state index in [0.29, 0.717) is 6.42 Å². The topological polar surface area (TPSA) is 38.0 Å². The molecule has 0 aliphatic heterocycles. The van der Waals surface area contributed by atoms with Gasteiger partial charge in [0, 0.05) is 29.4 Å². The Morgan fingerprint density at radius 3 is 2.75 bits per heavy atom. The second-order valence-electron chi connectivity index (χ2n) is 5.19. The normalized spacial score (nSPS) is 13.0. The summed E-state index contributed by atoms with van der Waals surface area (Å²) in [5, 5.41) is 18.4. The van der Waals surface area contributed by atoms with E-state index in [0.717, 1.165) is 17.0 Å². The average molecular weight is 286 g/mol. The molecule has 0 aliphatic rings. The van der Waals surface area contributed by atoms with E-state index in [1.54, 1.807) is 11.3 Å². The standard InChI is InChI=1S/C16H18N2OS/c1-10-16(11(2)18(3)17-10)14(19)8-12-9-20-15-7-5-4-6-13(12)15/h4-7,9,14,19H,8H2,1-3H3. The van der Waals surface area contributed by atoms with Crippen LogP contribution in [0.5, 0.6) is 0 Å². The number of aryl methyl sites for hydroxylation is 2. The quantitative estimate of drug-likeness (QED) is 0.800. The predicted octanol–water partition coefficient (Wildman–Crippen LogP) is 3.53. The lowest BCUT2D eigenvalue weighted by atomic mass is 9.99. The molecule has 1 unspecified atom stereocenters. The zero-order valence-corrected chi connectivity index (χ0v) is 12.7. The van der Waals surface area contributed by atoms with Gasteiger partial charge in [-0.15, -0.1) is 11.3 Å². The lowest BCUT2D eigenvalue weighted by Gasteiger charge is -2.11. The largest absolute Gasteiger partial charge is 0.388 e. The first-order valence-electron chi connectivity index (χ1n) is 6.71. The highest BCUT2D eigenvalue weighted by Crippen LogP contribution is 2.31. The van der Waals surface area contributed by atoms with Crippen molar-refractivity contribution in [2.75, 3.05) is 0 Å². The van der Waals surface area contributed by atoms with Crippen molar-refractivity contribution in [1.82, 2.24) is 9.78 Å². The van der Waals surface area contributed by atoms with Crippen LogP contribution in [0.25, 0.3) is 10.1 Å². The minimum atomic E-state index is -0.498. The smallest absolute Gasteiger partial charge is 0.0866 e. The highest BCUT2D eigenvalue weighted by atomic mass is 32.1. The molecule has 0 aliphatic carbocycles. The number of nitrogens with zero attached hydrogens (tertiary/aromatic N) is 2. The Bertz CT molecular complexity index is 757. The summed E-state index contributed by atoms with van der Waals surface area (Å²) < 4.78 is 3.11. The van der Waals surface area contributed by atoms with Gasteiger partial charge in [0.25, 0.3) is 0 Å². The molecular formula is C16H18N2OS. The molecule has 0 saturated carbocycles. The fourth-order valence-electron chi connectivity index (χ4n) is 2.77. The summed E-state index contributed by atoms with van der Waals surface area (Å²) in [7, 11) is 1.92. The first-order valence-corrected chi connectivity index (χ1v) is 7.59. The molecule has 2 aromatic heterocycles. The Kier molecular flexibility index (Phi) is 3.36. The SMILES string of the molecule is Cc1nn(C)c(C)c1C(O)Cc1csc2ccccc12. The molecule has 3 rings (SSSR count). The lowest BCUT2D eigenvalue weighted by molar-refractivity contribution is 0.177. The highest BCUT2D eigenvalue weighted by Gasteiger charge is 2.19. The third-order valence-corrected chi connectivity index (χ3v) is 4.88. The van der Waals surface area contributed by atoms with Crippen molar-refractivity contribution in [3.63, 3.8) is 0 Å². The highest BCUT2D eigenvalue weighted by molar-refractivity contribution is 7.17. The summed E-state index contributed by atoms with van der Waals surface area (Å²) in [5.41, 5.74) is 4.12. The van der Waals surface area contributed by atoms with E-state index in [-0.39, 0.29) is 0 Å². The van der Waals surface area contributed by atoms with Crippen molar-refractivity contribution in [2.24, 2.45) is 7.05 Å². The van der Waals surface area contributed by atoms with Crippen molar-refractivity contribution in [3.05, 3.63) is 52.2 Å². The molecule has 2 heterocycles. The number of aromatic nitrogens is 2. The van der Waals surface area contributed by atoms with E-state index >= 15 is 0 Å². The number of aliphatic hydroxyl groups excluding tert-OH is 1. The number of thiophene rings is 1. The third-order valence-electron chi connectivity index (χ3n) is 3.87. The second kappa shape index (κ2) is 5.04. The van der Waals surface area contributed by atoms with Gasteiger partial charge in [-0.2, -0.15) is 5.10 Å². The van der Waals surface area contributed by atoms with Crippen LogP contribution in [0.15, 0.2) is 29.6 Å². The number of hydrogen-bond donors (Lipinski definition) is 1. The van der Waals surface area contributed by atoms with Gasteiger partial charge in [-0.25, -0.2) is 0 Å². The first kappa shape index (κ1) is 13.3. The summed E-state index contributed by atoms with van der Waals surface area (Å²) in [6.07, 6.45) is 0.138. The van der Waals surface area contributed by atoms with Crippen LogP contribution in [0, 0.1) is 13.8 Å².